The van der Waals surface area contributed by atoms with E-state index in [2.05, 4.69) is 29.4 Å². The molecule has 1 saturated heterocycles. The van der Waals surface area contributed by atoms with Gasteiger partial charge in [0.2, 0.25) is 5.91 Å². The van der Waals surface area contributed by atoms with E-state index < -0.39 is 0 Å². The Balaban J connectivity index is 1.77. The van der Waals surface area contributed by atoms with Gasteiger partial charge in [0, 0.05) is 31.3 Å². The third-order valence-electron chi connectivity index (χ3n) is 4.84. The lowest BCUT2D eigenvalue weighted by atomic mass is 9.98. The SMILES string of the molecule is CNC(=O)c1ccc(C=CC(=O)NCC(C)N2CCC(C)CC2)cc1. The van der Waals surface area contributed by atoms with E-state index in [1.165, 1.54) is 12.8 Å². The number of benzene rings is 1. The minimum atomic E-state index is -0.116. The molecule has 136 valence electrons. The third-order valence-corrected chi connectivity index (χ3v) is 4.84. The largest absolute Gasteiger partial charge is 0.355 e. The van der Waals surface area contributed by atoms with Crippen molar-refractivity contribution in [1.82, 2.24) is 15.5 Å². The zero-order valence-corrected chi connectivity index (χ0v) is 15.4. The molecule has 1 aromatic rings. The van der Waals surface area contributed by atoms with Gasteiger partial charge in [-0.1, -0.05) is 19.1 Å². The number of rotatable bonds is 6. The average molecular weight is 343 g/mol. The molecule has 0 radical (unpaired) electrons. The summed E-state index contributed by atoms with van der Waals surface area (Å²) in [6.45, 7) is 7.36. The molecule has 0 saturated carbocycles. The molecule has 25 heavy (non-hydrogen) atoms. The minimum Gasteiger partial charge on any atom is -0.355 e. The standard InChI is InChI=1S/C20H29N3O2/c1-15-10-12-23(13-11-15)16(2)14-22-19(24)9-6-17-4-7-18(8-5-17)20(25)21-3/h4-9,15-16H,10-14H2,1-3H3,(H,21,25)(H,22,24). The minimum absolute atomic E-state index is 0.0902. The van der Waals surface area contributed by atoms with Gasteiger partial charge in [0.15, 0.2) is 0 Å². The first-order valence-electron chi connectivity index (χ1n) is 9.01. The van der Waals surface area contributed by atoms with E-state index in [0.717, 1.165) is 24.6 Å². The van der Waals surface area contributed by atoms with Crippen LogP contribution in [0.25, 0.3) is 6.08 Å². The van der Waals surface area contributed by atoms with Gasteiger partial charge in [-0.3, -0.25) is 14.5 Å². The predicted molar refractivity (Wildman–Crippen MR) is 101 cm³/mol. The highest BCUT2D eigenvalue weighted by atomic mass is 16.2. The summed E-state index contributed by atoms with van der Waals surface area (Å²) < 4.78 is 0. The number of likely N-dealkylation sites (tertiary alicyclic amines) is 1. The van der Waals surface area contributed by atoms with Crippen LogP contribution in [-0.2, 0) is 4.79 Å². The fourth-order valence-corrected chi connectivity index (χ4v) is 2.97. The van der Waals surface area contributed by atoms with Gasteiger partial charge in [-0.2, -0.15) is 0 Å². The van der Waals surface area contributed by atoms with Gasteiger partial charge < -0.3 is 10.6 Å². The highest BCUT2D eigenvalue weighted by Gasteiger charge is 2.20. The van der Waals surface area contributed by atoms with Crippen molar-refractivity contribution in [2.75, 3.05) is 26.7 Å². The van der Waals surface area contributed by atoms with Gasteiger partial charge in [-0.25, -0.2) is 0 Å². The normalized spacial score (nSPS) is 17.4. The highest BCUT2D eigenvalue weighted by molar-refractivity contribution is 5.94. The molecular formula is C20H29N3O2. The smallest absolute Gasteiger partial charge is 0.251 e. The second-order valence-electron chi connectivity index (χ2n) is 6.85. The van der Waals surface area contributed by atoms with E-state index in [9.17, 15) is 9.59 Å². The van der Waals surface area contributed by atoms with E-state index in [-0.39, 0.29) is 11.8 Å². The molecule has 1 aliphatic rings. The molecule has 2 amide bonds. The van der Waals surface area contributed by atoms with Gasteiger partial charge >= 0.3 is 0 Å². The lowest BCUT2D eigenvalue weighted by Crippen LogP contribution is -2.45. The number of amides is 2. The molecular weight excluding hydrogens is 314 g/mol. The first-order chi connectivity index (χ1) is 12.0. The lowest BCUT2D eigenvalue weighted by molar-refractivity contribution is -0.116. The summed E-state index contributed by atoms with van der Waals surface area (Å²) in [4.78, 5) is 25.9. The maximum Gasteiger partial charge on any atom is 0.251 e. The van der Waals surface area contributed by atoms with Crippen molar-refractivity contribution < 1.29 is 9.59 Å². The predicted octanol–water partition coefficient (Wildman–Crippen LogP) is 2.30. The van der Waals surface area contributed by atoms with Crippen LogP contribution in [0.2, 0.25) is 0 Å². The summed E-state index contributed by atoms with van der Waals surface area (Å²) in [5, 5.41) is 5.55. The Morgan fingerprint density at radius 2 is 1.88 bits per heavy atom. The number of carbonyl (C=O) groups excluding carboxylic acids is 2. The van der Waals surface area contributed by atoms with Gasteiger partial charge in [0.25, 0.3) is 5.91 Å². The lowest BCUT2D eigenvalue weighted by Gasteiger charge is -2.34. The summed E-state index contributed by atoms with van der Waals surface area (Å²) in [5.74, 6) is 0.609. The molecule has 1 atom stereocenters. The molecule has 1 aliphatic heterocycles. The maximum absolute atomic E-state index is 12.0. The number of carbonyl (C=O) groups is 2. The zero-order chi connectivity index (χ0) is 18.2. The van der Waals surface area contributed by atoms with Gasteiger partial charge in [-0.05, 0) is 62.5 Å². The third kappa shape index (κ3) is 6.02. The molecule has 0 spiro atoms. The summed E-state index contributed by atoms with van der Waals surface area (Å²) in [6.07, 6.45) is 5.78. The van der Waals surface area contributed by atoms with E-state index in [1.807, 2.05) is 12.1 Å². The van der Waals surface area contributed by atoms with Gasteiger partial charge in [-0.15, -0.1) is 0 Å². The van der Waals surface area contributed by atoms with E-state index in [4.69, 9.17) is 0 Å². The number of piperidine rings is 1. The van der Waals surface area contributed by atoms with E-state index in [0.29, 0.717) is 18.2 Å². The monoisotopic (exact) mass is 343 g/mol. The topological polar surface area (TPSA) is 61.4 Å². The Kier molecular flexibility index (Phi) is 7.19. The fraction of sp³-hybridized carbons (Fsp3) is 0.500. The molecule has 0 aliphatic carbocycles. The molecule has 0 bridgehead atoms. The first-order valence-corrected chi connectivity index (χ1v) is 9.01. The Morgan fingerprint density at radius 3 is 2.48 bits per heavy atom. The second kappa shape index (κ2) is 9.37. The molecule has 0 aromatic heterocycles. The molecule has 1 heterocycles. The highest BCUT2D eigenvalue weighted by Crippen LogP contribution is 2.17. The molecule has 2 rings (SSSR count). The quantitative estimate of drug-likeness (QED) is 0.779. The average Bonchev–Trinajstić information content (AvgIpc) is 2.64. The van der Waals surface area contributed by atoms with Crippen LogP contribution in [0.4, 0.5) is 0 Å². The van der Waals surface area contributed by atoms with Crippen molar-refractivity contribution in [3.05, 3.63) is 41.5 Å². The fourth-order valence-electron chi connectivity index (χ4n) is 2.97. The van der Waals surface area contributed by atoms with Crippen molar-refractivity contribution in [2.24, 2.45) is 5.92 Å². The molecule has 5 nitrogen and oxygen atoms in total. The van der Waals surface area contributed by atoms with Crippen molar-refractivity contribution in [3.63, 3.8) is 0 Å². The van der Waals surface area contributed by atoms with Crippen molar-refractivity contribution in [2.45, 2.75) is 32.7 Å². The zero-order valence-electron chi connectivity index (χ0n) is 15.4. The number of nitrogens with one attached hydrogen (secondary N) is 2. The second-order valence-corrected chi connectivity index (χ2v) is 6.85. The van der Waals surface area contributed by atoms with Crippen LogP contribution >= 0.6 is 0 Å². The van der Waals surface area contributed by atoms with Crippen LogP contribution in [0.3, 0.4) is 0 Å². The molecule has 2 N–H and O–H groups in total. The number of hydrogen-bond donors (Lipinski definition) is 2. The van der Waals surface area contributed by atoms with Crippen LogP contribution < -0.4 is 10.6 Å². The van der Waals surface area contributed by atoms with Crippen LogP contribution in [0.1, 0.15) is 42.6 Å². The Hall–Kier alpha value is -2.14. The summed E-state index contributed by atoms with van der Waals surface area (Å²) in [6, 6.07) is 7.50. The van der Waals surface area contributed by atoms with Gasteiger partial charge in [0.05, 0.1) is 0 Å². The van der Waals surface area contributed by atoms with E-state index in [1.54, 1.807) is 31.3 Å². The Morgan fingerprint density at radius 1 is 1.24 bits per heavy atom. The first kappa shape index (κ1) is 19.2. The van der Waals surface area contributed by atoms with Crippen molar-refractivity contribution >= 4 is 17.9 Å². The molecule has 5 heteroatoms. The van der Waals surface area contributed by atoms with E-state index >= 15 is 0 Å². The maximum atomic E-state index is 12.0. The summed E-state index contributed by atoms with van der Waals surface area (Å²) in [7, 11) is 1.60. The number of nitrogens with zero attached hydrogens (tertiary/aromatic N) is 1. The number of hydrogen-bond acceptors (Lipinski definition) is 3. The van der Waals surface area contributed by atoms with Gasteiger partial charge in [0.1, 0.15) is 0 Å². The van der Waals surface area contributed by atoms with Crippen LogP contribution in [0.15, 0.2) is 30.3 Å². The van der Waals surface area contributed by atoms with Crippen molar-refractivity contribution in [3.8, 4) is 0 Å². The Bertz CT molecular complexity index is 602. The van der Waals surface area contributed by atoms with Crippen LogP contribution in [0.5, 0.6) is 0 Å². The van der Waals surface area contributed by atoms with Crippen LogP contribution in [0, 0.1) is 5.92 Å². The molecule has 1 aromatic carbocycles. The van der Waals surface area contributed by atoms with Crippen LogP contribution in [-0.4, -0.2) is 49.4 Å². The molecule has 1 unspecified atom stereocenters. The summed E-state index contributed by atoms with van der Waals surface area (Å²) >= 11 is 0. The summed E-state index contributed by atoms with van der Waals surface area (Å²) in [5.41, 5.74) is 1.50. The molecule has 1 fully saturated rings. The Labute approximate surface area is 150 Å². The van der Waals surface area contributed by atoms with Crippen molar-refractivity contribution in [1.29, 1.82) is 0 Å².